The van der Waals surface area contributed by atoms with E-state index in [1.165, 1.54) is 48.5 Å². The van der Waals surface area contributed by atoms with E-state index in [9.17, 15) is 14.3 Å². The number of allylic oxidation sites excluding steroid dienone is 1. The fourth-order valence-electron chi connectivity index (χ4n) is 4.34. The Labute approximate surface area is 237 Å². The molecule has 1 unspecified atom stereocenters. The molecule has 4 aromatic rings. The van der Waals surface area contributed by atoms with Gasteiger partial charge in [0.25, 0.3) is 0 Å². The Morgan fingerprint density at radius 1 is 0.902 bits per heavy atom. The van der Waals surface area contributed by atoms with Gasteiger partial charge in [-0.2, -0.15) is 0 Å². The van der Waals surface area contributed by atoms with Crippen LogP contribution in [-0.2, 0) is 0 Å². The molecule has 0 bridgehead atoms. The van der Waals surface area contributed by atoms with E-state index in [1.807, 2.05) is 6.92 Å². The van der Waals surface area contributed by atoms with Gasteiger partial charge in [-0.05, 0) is 60.2 Å². The van der Waals surface area contributed by atoms with Crippen molar-refractivity contribution in [3.05, 3.63) is 120 Å². The summed E-state index contributed by atoms with van der Waals surface area (Å²) in [4.78, 5) is 12.6. The number of benzene rings is 4. The van der Waals surface area contributed by atoms with Crippen molar-refractivity contribution in [2.75, 3.05) is 6.61 Å². The molecule has 4 rings (SSSR count). The quantitative estimate of drug-likeness (QED) is 0.0814. The van der Waals surface area contributed by atoms with Gasteiger partial charge in [-0.1, -0.05) is 68.0 Å². The van der Waals surface area contributed by atoms with Crippen LogP contribution in [0.25, 0.3) is 22.3 Å². The van der Waals surface area contributed by atoms with Crippen LogP contribution in [0, 0.1) is 17.5 Å². The summed E-state index contributed by atoms with van der Waals surface area (Å²) in [6, 6.07) is 19.4. The van der Waals surface area contributed by atoms with Crippen molar-refractivity contribution in [1.82, 2.24) is 0 Å². The monoisotopic (exact) mass is 560 g/mol. The molecule has 0 aliphatic rings. The molecule has 4 nitrogen and oxygen atoms in total. The maximum atomic E-state index is 15.1. The number of hydrogen-bond acceptors (Lipinski definition) is 4. The van der Waals surface area contributed by atoms with Crippen molar-refractivity contribution in [2.24, 2.45) is 0 Å². The Bertz CT molecular complexity index is 1500. The van der Waals surface area contributed by atoms with Gasteiger partial charge < -0.3 is 14.6 Å². The second-order valence-corrected chi connectivity index (χ2v) is 9.55. The van der Waals surface area contributed by atoms with Gasteiger partial charge in [0.1, 0.15) is 5.75 Å². The average molecular weight is 561 g/mol. The highest BCUT2D eigenvalue weighted by atomic mass is 19.2. The van der Waals surface area contributed by atoms with Gasteiger partial charge in [0.05, 0.1) is 18.3 Å². The van der Waals surface area contributed by atoms with Gasteiger partial charge in [0.2, 0.25) is 0 Å². The molecule has 0 saturated carbocycles. The summed E-state index contributed by atoms with van der Waals surface area (Å²) in [5, 5.41) is 10.1. The Morgan fingerprint density at radius 2 is 1.51 bits per heavy atom. The number of unbranched alkanes of at least 4 members (excludes halogenated alkanes) is 1. The topological polar surface area (TPSA) is 55.8 Å². The van der Waals surface area contributed by atoms with Crippen LogP contribution in [0.4, 0.5) is 13.2 Å². The van der Waals surface area contributed by atoms with Crippen molar-refractivity contribution < 1.29 is 32.5 Å². The zero-order valence-corrected chi connectivity index (χ0v) is 22.7. The molecular formula is C34H31F3O4. The largest absolute Gasteiger partial charge is 0.493 e. The van der Waals surface area contributed by atoms with Crippen LogP contribution in [0.5, 0.6) is 11.5 Å². The molecule has 0 aliphatic heterocycles. The highest BCUT2D eigenvalue weighted by Crippen LogP contribution is 2.33. The fourth-order valence-corrected chi connectivity index (χ4v) is 4.34. The maximum Gasteiger partial charge on any atom is 0.343 e. The van der Waals surface area contributed by atoms with Gasteiger partial charge >= 0.3 is 5.97 Å². The van der Waals surface area contributed by atoms with Gasteiger partial charge in [0.15, 0.2) is 23.2 Å². The van der Waals surface area contributed by atoms with E-state index in [2.05, 4.69) is 6.58 Å². The molecule has 1 atom stereocenters. The molecule has 0 spiro atoms. The molecule has 4 aromatic carbocycles. The summed E-state index contributed by atoms with van der Waals surface area (Å²) >= 11 is 0. The van der Waals surface area contributed by atoms with E-state index in [0.717, 1.165) is 30.9 Å². The minimum absolute atomic E-state index is 0.0240. The SMILES string of the molecule is C=CCCCOc1ccc(OC(=O)c2ccc(-c3ccc(-c4ccc(C(O)CCC)cc4)c(F)c3F)cc2)c(F)c1. The van der Waals surface area contributed by atoms with Crippen molar-refractivity contribution in [3.8, 4) is 33.8 Å². The third-order valence-corrected chi connectivity index (χ3v) is 6.61. The van der Waals surface area contributed by atoms with E-state index in [0.29, 0.717) is 29.9 Å². The third kappa shape index (κ3) is 7.24. The van der Waals surface area contributed by atoms with Crippen molar-refractivity contribution in [2.45, 2.75) is 38.7 Å². The summed E-state index contributed by atoms with van der Waals surface area (Å²) in [5.74, 6) is -3.52. The number of esters is 1. The lowest BCUT2D eigenvalue weighted by molar-refractivity contribution is 0.0727. The number of carbonyl (C=O) groups excluding carboxylic acids is 1. The molecule has 0 amide bonds. The molecule has 7 heteroatoms. The summed E-state index contributed by atoms with van der Waals surface area (Å²) < 4.78 is 55.3. The van der Waals surface area contributed by atoms with Crippen LogP contribution in [0.2, 0.25) is 0 Å². The summed E-state index contributed by atoms with van der Waals surface area (Å²) in [6.45, 7) is 6.01. The Morgan fingerprint density at radius 3 is 2.07 bits per heavy atom. The van der Waals surface area contributed by atoms with Gasteiger partial charge in [0, 0.05) is 17.2 Å². The van der Waals surface area contributed by atoms with Crippen molar-refractivity contribution in [1.29, 1.82) is 0 Å². The van der Waals surface area contributed by atoms with Gasteiger partial charge in [-0.3, -0.25) is 0 Å². The smallest absolute Gasteiger partial charge is 0.343 e. The normalized spacial score (nSPS) is 11.6. The van der Waals surface area contributed by atoms with Crippen LogP contribution in [-0.4, -0.2) is 17.7 Å². The molecule has 0 aliphatic carbocycles. The van der Waals surface area contributed by atoms with Crippen LogP contribution >= 0.6 is 0 Å². The fraction of sp³-hybridized carbons (Fsp3) is 0.206. The highest BCUT2D eigenvalue weighted by Gasteiger charge is 2.18. The Balaban J connectivity index is 1.45. The molecule has 0 fully saturated rings. The van der Waals surface area contributed by atoms with E-state index < -0.39 is 29.5 Å². The third-order valence-electron chi connectivity index (χ3n) is 6.61. The van der Waals surface area contributed by atoms with Crippen LogP contribution < -0.4 is 9.47 Å². The molecule has 1 N–H and O–H groups in total. The average Bonchev–Trinajstić information content (AvgIpc) is 2.98. The minimum Gasteiger partial charge on any atom is -0.493 e. The Kier molecular flexibility index (Phi) is 9.98. The lowest BCUT2D eigenvalue weighted by Gasteiger charge is -2.12. The van der Waals surface area contributed by atoms with E-state index in [-0.39, 0.29) is 22.4 Å². The number of rotatable bonds is 12. The second-order valence-electron chi connectivity index (χ2n) is 9.55. The molecule has 212 valence electrons. The first kappa shape index (κ1) is 29.6. The number of ether oxygens (including phenoxy) is 2. The standard InChI is InChI=1S/C34H31F3O4/c1-3-5-6-20-40-26-16-19-31(29(35)21-26)41-34(39)25-14-10-23(11-15-25)28-18-17-27(32(36)33(28)37)22-8-12-24(13-9-22)30(38)7-4-2/h3,8-19,21,30,38H,1,4-7,20H2,2H3. The van der Waals surface area contributed by atoms with Crippen molar-refractivity contribution >= 4 is 5.97 Å². The van der Waals surface area contributed by atoms with E-state index in [1.54, 1.807) is 30.3 Å². The first-order valence-corrected chi connectivity index (χ1v) is 13.4. The number of aliphatic hydroxyl groups is 1. The zero-order chi connectivity index (χ0) is 29.4. The minimum atomic E-state index is -1.03. The van der Waals surface area contributed by atoms with Crippen LogP contribution in [0.1, 0.15) is 54.6 Å². The van der Waals surface area contributed by atoms with Gasteiger partial charge in [-0.15, -0.1) is 6.58 Å². The predicted octanol–water partition coefficient (Wildman–Crippen LogP) is 8.84. The molecule has 0 radical (unpaired) electrons. The molecular weight excluding hydrogens is 529 g/mol. The number of halogens is 3. The lowest BCUT2D eigenvalue weighted by atomic mass is 9.96. The maximum absolute atomic E-state index is 15.1. The van der Waals surface area contributed by atoms with E-state index in [4.69, 9.17) is 9.47 Å². The van der Waals surface area contributed by atoms with Gasteiger partial charge in [-0.25, -0.2) is 18.0 Å². The van der Waals surface area contributed by atoms with Crippen molar-refractivity contribution in [3.63, 3.8) is 0 Å². The van der Waals surface area contributed by atoms with Crippen LogP contribution in [0.3, 0.4) is 0 Å². The molecule has 0 heterocycles. The summed E-state index contributed by atoms with van der Waals surface area (Å²) in [5.41, 5.74) is 1.79. The second kappa shape index (κ2) is 13.8. The Hall–Kier alpha value is -4.36. The molecule has 0 aromatic heterocycles. The van der Waals surface area contributed by atoms with Crippen LogP contribution in [0.15, 0.2) is 91.5 Å². The molecule has 0 saturated heterocycles. The first-order chi connectivity index (χ1) is 19.8. The first-order valence-electron chi connectivity index (χ1n) is 13.4. The predicted molar refractivity (Wildman–Crippen MR) is 153 cm³/mol. The zero-order valence-electron chi connectivity index (χ0n) is 22.7. The number of hydrogen-bond donors (Lipinski definition) is 1. The number of carbonyl (C=O) groups is 1. The lowest BCUT2D eigenvalue weighted by Crippen LogP contribution is -2.09. The summed E-state index contributed by atoms with van der Waals surface area (Å²) in [7, 11) is 0. The van der Waals surface area contributed by atoms with E-state index >= 15 is 8.78 Å². The molecule has 41 heavy (non-hydrogen) atoms. The highest BCUT2D eigenvalue weighted by molar-refractivity contribution is 5.91. The number of aliphatic hydroxyl groups excluding tert-OH is 1. The summed E-state index contributed by atoms with van der Waals surface area (Å²) in [6.07, 6.45) is 4.14.